The van der Waals surface area contributed by atoms with Crippen LogP contribution in [0.1, 0.15) is 5.69 Å². The van der Waals surface area contributed by atoms with Gasteiger partial charge in [0.2, 0.25) is 0 Å². The van der Waals surface area contributed by atoms with Crippen LogP contribution in [0.4, 0.5) is 0 Å². The number of rotatable bonds is 4. The SMILES string of the molecule is CNCCc1ccn(-c2cccc(Cl)c2)n1. The highest BCUT2D eigenvalue weighted by Gasteiger charge is 2.01. The Balaban J connectivity index is 2.18. The molecule has 16 heavy (non-hydrogen) atoms. The monoisotopic (exact) mass is 235 g/mol. The number of nitrogens with one attached hydrogen (secondary N) is 1. The Morgan fingerprint density at radius 3 is 3.00 bits per heavy atom. The number of aromatic nitrogens is 2. The second-order valence-corrected chi connectivity index (χ2v) is 4.02. The van der Waals surface area contributed by atoms with E-state index in [9.17, 15) is 0 Å². The molecule has 0 spiro atoms. The first-order valence-electron chi connectivity index (χ1n) is 5.24. The largest absolute Gasteiger partial charge is 0.319 e. The summed E-state index contributed by atoms with van der Waals surface area (Å²) in [4.78, 5) is 0. The fraction of sp³-hybridized carbons (Fsp3) is 0.250. The van der Waals surface area contributed by atoms with Gasteiger partial charge in [-0.15, -0.1) is 0 Å². The van der Waals surface area contributed by atoms with Crippen LogP contribution in [-0.2, 0) is 6.42 Å². The normalized spacial score (nSPS) is 10.6. The van der Waals surface area contributed by atoms with Crippen molar-refractivity contribution in [2.75, 3.05) is 13.6 Å². The van der Waals surface area contributed by atoms with Gasteiger partial charge in [0, 0.05) is 24.2 Å². The van der Waals surface area contributed by atoms with Gasteiger partial charge in [0.1, 0.15) is 0 Å². The molecule has 2 rings (SSSR count). The summed E-state index contributed by atoms with van der Waals surface area (Å²) in [7, 11) is 1.94. The minimum atomic E-state index is 0.727. The van der Waals surface area contributed by atoms with E-state index in [0.29, 0.717) is 0 Å². The van der Waals surface area contributed by atoms with E-state index in [0.717, 1.165) is 29.4 Å². The van der Waals surface area contributed by atoms with Gasteiger partial charge in [0.15, 0.2) is 0 Å². The Bertz CT molecular complexity index is 465. The van der Waals surface area contributed by atoms with Crippen LogP contribution in [0.3, 0.4) is 0 Å². The summed E-state index contributed by atoms with van der Waals surface area (Å²) >= 11 is 5.93. The topological polar surface area (TPSA) is 29.9 Å². The van der Waals surface area contributed by atoms with Crippen molar-refractivity contribution < 1.29 is 0 Å². The fourth-order valence-electron chi connectivity index (χ4n) is 1.51. The molecule has 0 unspecified atom stereocenters. The molecule has 3 nitrogen and oxygen atoms in total. The number of hydrogen-bond donors (Lipinski definition) is 1. The van der Waals surface area contributed by atoms with Crippen LogP contribution in [0, 0.1) is 0 Å². The van der Waals surface area contributed by atoms with E-state index in [4.69, 9.17) is 11.6 Å². The van der Waals surface area contributed by atoms with E-state index in [2.05, 4.69) is 10.4 Å². The second-order valence-electron chi connectivity index (χ2n) is 3.59. The molecule has 0 fully saturated rings. The Morgan fingerprint density at radius 1 is 1.38 bits per heavy atom. The van der Waals surface area contributed by atoms with Crippen molar-refractivity contribution >= 4 is 11.6 Å². The van der Waals surface area contributed by atoms with Crippen molar-refractivity contribution in [3.05, 3.63) is 47.2 Å². The third-order valence-corrected chi connectivity index (χ3v) is 2.58. The zero-order valence-corrected chi connectivity index (χ0v) is 9.91. The van der Waals surface area contributed by atoms with Gasteiger partial charge in [0.05, 0.1) is 11.4 Å². The van der Waals surface area contributed by atoms with Gasteiger partial charge in [-0.2, -0.15) is 5.10 Å². The van der Waals surface area contributed by atoms with E-state index in [1.54, 1.807) is 0 Å². The van der Waals surface area contributed by atoms with Gasteiger partial charge < -0.3 is 5.32 Å². The lowest BCUT2D eigenvalue weighted by molar-refractivity contribution is 0.755. The summed E-state index contributed by atoms with van der Waals surface area (Å²) in [6.07, 6.45) is 2.89. The van der Waals surface area contributed by atoms with Crippen LogP contribution in [0.25, 0.3) is 5.69 Å². The molecular formula is C12H14ClN3. The van der Waals surface area contributed by atoms with Crippen molar-refractivity contribution in [3.63, 3.8) is 0 Å². The van der Waals surface area contributed by atoms with Crippen molar-refractivity contribution in [2.45, 2.75) is 6.42 Å². The molecule has 0 amide bonds. The Morgan fingerprint density at radius 2 is 2.25 bits per heavy atom. The van der Waals surface area contributed by atoms with Crippen molar-refractivity contribution in [1.82, 2.24) is 15.1 Å². The van der Waals surface area contributed by atoms with Gasteiger partial charge in [-0.1, -0.05) is 17.7 Å². The second kappa shape index (κ2) is 5.14. The number of benzene rings is 1. The molecule has 1 aromatic heterocycles. The maximum atomic E-state index is 5.93. The van der Waals surface area contributed by atoms with Crippen molar-refractivity contribution in [1.29, 1.82) is 0 Å². The van der Waals surface area contributed by atoms with E-state index in [1.165, 1.54) is 0 Å². The Hall–Kier alpha value is -1.32. The van der Waals surface area contributed by atoms with Gasteiger partial charge >= 0.3 is 0 Å². The molecule has 0 aliphatic heterocycles. The summed E-state index contributed by atoms with van der Waals surface area (Å²) in [5.74, 6) is 0. The van der Waals surface area contributed by atoms with Crippen molar-refractivity contribution in [3.8, 4) is 5.69 Å². The van der Waals surface area contributed by atoms with Crippen LogP contribution in [-0.4, -0.2) is 23.4 Å². The maximum absolute atomic E-state index is 5.93. The molecular weight excluding hydrogens is 222 g/mol. The quantitative estimate of drug-likeness (QED) is 0.881. The van der Waals surface area contributed by atoms with Gasteiger partial charge in [-0.3, -0.25) is 0 Å². The van der Waals surface area contributed by atoms with Crippen LogP contribution in [0.15, 0.2) is 36.5 Å². The lowest BCUT2D eigenvalue weighted by Gasteiger charge is -2.01. The summed E-state index contributed by atoms with van der Waals surface area (Å²) in [6.45, 7) is 0.937. The minimum absolute atomic E-state index is 0.727. The predicted octanol–water partition coefficient (Wildman–Crippen LogP) is 2.29. The minimum Gasteiger partial charge on any atom is -0.319 e. The summed E-state index contributed by atoms with van der Waals surface area (Å²) in [5, 5.41) is 8.31. The molecule has 0 aliphatic carbocycles. The highest BCUT2D eigenvalue weighted by molar-refractivity contribution is 6.30. The summed E-state index contributed by atoms with van der Waals surface area (Å²) in [6, 6.07) is 9.69. The molecule has 0 aliphatic rings. The average molecular weight is 236 g/mol. The van der Waals surface area contributed by atoms with Crippen LogP contribution in [0.5, 0.6) is 0 Å². The molecule has 1 aromatic carbocycles. The van der Waals surface area contributed by atoms with Crippen LogP contribution < -0.4 is 5.32 Å². The smallest absolute Gasteiger partial charge is 0.0660 e. The maximum Gasteiger partial charge on any atom is 0.0660 e. The third-order valence-electron chi connectivity index (χ3n) is 2.35. The molecule has 1 heterocycles. The molecule has 0 radical (unpaired) electrons. The van der Waals surface area contributed by atoms with Gasteiger partial charge in [-0.25, -0.2) is 4.68 Å². The standard InChI is InChI=1S/C12H14ClN3/c1-14-7-5-11-6-8-16(15-11)12-4-2-3-10(13)9-12/h2-4,6,8-9,14H,5,7H2,1H3. The highest BCUT2D eigenvalue weighted by atomic mass is 35.5. The first-order chi connectivity index (χ1) is 7.79. The zero-order valence-electron chi connectivity index (χ0n) is 9.15. The Labute approximate surface area is 100 Å². The molecule has 1 N–H and O–H groups in total. The summed E-state index contributed by atoms with van der Waals surface area (Å²) < 4.78 is 1.84. The van der Waals surface area contributed by atoms with Crippen LogP contribution in [0.2, 0.25) is 5.02 Å². The van der Waals surface area contributed by atoms with E-state index in [1.807, 2.05) is 48.3 Å². The van der Waals surface area contributed by atoms with Crippen LogP contribution >= 0.6 is 11.6 Å². The lowest BCUT2D eigenvalue weighted by Crippen LogP contribution is -2.10. The number of likely N-dealkylation sites (N-methyl/N-ethyl adjacent to an activating group) is 1. The number of hydrogen-bond acceptors (Lipinski definition) is 2. The highest BCUT2D eigenvalue weighted by Crippen LogP contribution is 2.14. The molecule has 0 bridgehead atoms. The number of nitrogens with zero attached hydrogens (tertiary/aromatic N) is 2. The average Bonchev–Trinajstić information content (AvgIpc) is 2.75. The fourth-order valence-corrected chi connectivity index (χ4v) is 1.70. The lowest BCUT2D eigenvalue weighted by atomic mass is 10.3. The molecule has 0 saturated heterocycles. The van der Waals surface area contributed by atoms with E-state index in [-0.39, 0.29) is 0 Å². The molecule has 0 atom stereocenters. The third kappa shape index (κ3) is 2.62. The van der Waals surface area contributed by atoms with Gasteiger partial charge in [0.25, 0.3) is 0 Å². The van der Waals surface area contributed by atoms with E-state index >= 15 is 0 Å². The molecule has 2 aromatic rings. The van der Waals surface area contributed by atoms with Gasteiger partial charge in [-0.05, 0) is 31.3 Å². The molecule has 4 heteroatoms. The first-order valence-corrected chi connectivity index (χ1v) is 5.62. The Kier molecular flexibility index (Phi) is 3.59. The van der Waals surface area contributed by atoms with E-state index < -0.39 is 0 Å². The van der Waals surface area contributed by atoms with Crippen molar-refractivity contribution in [2.24, 2.45) is 0 Å². The number of halogens is 1. The molecule has 84 valence electrons. The first kappa shape index (κ1) is 11.2. The predicted molar refractivity (Wildman–Crippen MR) is 66.2 cm³/mol. The summed E-state index contributed by atoms with van der Waals surface area (Å²) in [5.41, 5.74) is 2.07. The molecule has 0 saturated carbocycles. The zero-order chi connectivity index (χ0) is 11.4.